The number of aromatic nitrogens is 2. The molecule has 0 spiro atoms. The minimum absolute atomic E-state index is 0.0434. The van der Waals surface area contributed by atoms with Gasteiger partial charge >= 0.3 is 0 Å². The third-order valence-electron chi connectivity index (χ3n) is 6.97. The first kappa shape index (κ1) is 23.9. The summed E-state index contributed by atoms with van der Waals surface area (Å²) in [4.78, 5) is 34.0. The monoisotopic (exact) mass is 484 g/mol. The highest BCUT2D eigenvalue weighted by atomic mass is 16.3. The van der Waals surface area contributed by atoms with Crippen molar-refractivity contribution in [2.24, 2.45) is 0 Å². The van der Waals surface area contributed by atoms with Crippen LogP contribution in [0.15, 0.2) is 71.4 Å². The summed E-state index contributed by atoms with van der Waals surface area (Å²) in [6.07, 6.45) is 6.98. The zero-order valence-corrected chi connectivity index (χ0v) is 20.8. The minimum atomic E-state index is -0.927. The van der Waals surface area contributed by atoms with Crippen molar-refractivity contribution in [3.05, 3.63) is 84.1 Å². The zero-order valence-electron chi connectivity index (χ0n) is 20.8. The summed E-state index contributed by atoms with van der Waals surface area (Å²) >= 11 is 0. The van der Waals surface area contributed by atoms with Crippen LogP contribution in [0.5, 0.6) is 0 Å². The highest BCUT2D eigenvalue weighted by molar-refractivity contribution is 6.02. The second-order valence-electron chi connectivity index (χ2n) is 9.61. The molecule has 2 aromatic heterocycles. The first-order valence-corrected chi connectivity index (χ1v) is 12.7. The zero-order chi connectivity index (χ0) is 25.1. The van der Waals surface area contributed by atoms with Crippen LogP contribution in [0.25, 0.3) is 11.0 Å². The van der Waals surface area contributed by atoms with Gasteiger partial charge in [-0.15, -0.1) is 0 Å². The van der Waals surface area contributed by atoms with Crippen molar-refractivity contribution in [2.75, 3.05) is 4.90 Å². The van der Waals surface area contributed by atoms with Gasteiger partial charge in [0.05, 0.1) is 17.4 Å². The Kier molecular flexibility index (Phi) is 6.89. The van der Waals surface area contributed by atoms with Gasteiger partial charge in [-0.3, -0.25) is 14.5 Å². The maximum Gasteiger partial charge on any atom is 0.251 e. The van der Waals surface area contributed by atoms with Crippen molar-refractivity contribution in [1.29, 1.82) is 0 Å². The Hall–Kier alpha value is -3.87. The van der Waals surface area contributed by atoms with Gasteiger partial charge in [0, 0.05) is 11.7 Å². The van der Waals surface area contributed by atoms with Crippen LogP contribution < -0.4 is 10.2 Å². The molecule has 2 aromatic carbocycles. The lowest BCUT2D eigenvalue weighted by molar-refractivity contribution is -0.127. The van der Waals surface area contributed by atoms with Gasteiger partial charge in [-0.05, 0) is 62.6 Å². The average molecular weight is 485 g/mol. The number of aryl methyl sites for hydroxylation is 2. The number of furan rings is 1. The van der Waals surface area contributed by atoms with E-state index in [-0.39, 0.29) is 24.4 Å². The smallest absolute Gasteiger partial charge is 0.251 e. The van der Waals surface area contributed by atoms with E-state index in [0.29, 0.717) is 17.2 Å². The maximum absolute atomic E-state index is 14.1. The summed E-state index contributed by atoms with van der Waals surface area (Å²) in [5, 5.41) is 3.23. The molecule has 186 valence electrons. The number of rotatable bonds is 7. The average Bonchev–Trinajstić information content (AvgIpc) is 3.49. The number of hydrogen-bond donors (Lipinski definition) is 1. The number of anilines is 1. The van der Waals surface area contributed by atoms with Crippen LogP contribution in [0.1, 0.15) is 55.2 Å². The molecule has 1 N–H and O–H groups in total. The van der Waals surface area contributed by atoms with Gasteiger partial charge in [0.1, 0.15) is 18.1 Å². The highest BCUT2D eigenvalue weighted by Crippen LogP contribution is 2.32. The second-order valence-corrected chi connectivity index (χ2v) is 9.61. The number of imidazole rings is 1. The van der Waals surface area contributed by atoms with Crippen molar-refractivity contribution < 1.29 is 14.0 Å². The number of nitrogens with zero attached hydrogens (tertiary/aromatic N) is 3. The normalized spacial score (nSPS) is 15.1. The highest BCUT2D eigenvalue weighted by Gasteiger charge is 2.37. The number of carbonyl (C=O) groups excluding carboxylic acids is 2. The largest absolute Gasteiger partial charge is 0.464 e. The third-order valence-corrected chi connectivity index (χ3v) is 6.97. The van der Waals surface area contributed by atoms with Gasteiger partial charge in [-0.2, -0.15) is 0 Å². The molecule has 1 saturated carbocycles. The molecule has 2 heterocycles. The third kappa shape index (κ3) is 4.91. The van der Waals surface area contributed by atoms with Crippen molar-refractivity contribution in [1.82, 2.24) is 14.9 Å². The number of fused-ring (bicyclic) bond motifs is 1. The molecule has 1 unspecified atom stereocenters. The molecule has 5 rings (SSSR count). The summed E-state index contributed by atoms with van der Waals surface area (Å²) < 4.78 is 7.81. The van der Waals surface area contributed by atoms with Gasteiger partial charge in [0.2, 0.25) is 5.91 Å². The first-order chi connectivity index (χ1) is 17.5. The second kappa shape index (κ2) is 10.4. The van der Waals surface area contributed by atoms with E-state index in [1.165, 1.54) is 6.42 Å². The van der Waals surface area contributed by atoms with E-state index in [2.05, 4.69) is 10.3 Å². The number of benzene rings is 2. The predicted molar refractivity (Wildman–Crippen MR) is 140 cm³/mol. The minimum Gasteiger partial charge on any atom is -0.464 e. The Morgan fingerprint density at radius 2 is 1.78 bits per heavy atom. The van der Waals surface area contributed by atoms with Crippen LogP contribution in [0.3, 0.4) is 0 Å². The van der Waals surface area contributed by atoms with E-state index in [0.717, 1.165) is 42.3 Å². The van der Waals surface area contributed by atoms with Gasteiger partial charge in [-0.1, -0.05) is 49.6 Å². The van der Waals surface area contributed by atoms with Crippen LogP contribution in [0.2, 0.25) is 0 Å². The van der Waals surface area contributed by atoms with Gasteiger partial charge in [0.15, 0.2) is 6.04 Å². The summed E-state index contributed by atoms with van der Waals surface area (Å²) in [6.45, 7) is 3.84. The fraction of sp³-hybridized carbons (Fsp3) is 0.345. The Labute approximate surface area is 211 Å². The maximum atomic E-state index is 14.1. The molecule has 1 fully saturated rings. The molecule has 2 amide bonds. The molecule has 1 aliphatic rings. The summed E-state index contributed by atoms with van der Waals surface area (Å²) in [7, 11) is 0. The van der Waals surface area contributed by atoms with E-state index in [1.807, 2.05) is 73.0 Å². The number of para-hydroxylation sites is 3. The Morgan fingerprint density at radius 3 is 2.53 bits per heavy atom. The van der Waals surface area contributed by atoms with Gasteiger partial charge in [-0.25, -0.2) is 4.98 Å². The molecule has 0 radical (unpaired) electrons. The van der Waals surface area contributed by atoms with Crippen molar-refractivity contribution in [3.63, 3.8) is 0 Å². The fourth-order valence-corrected chi connectivity index (χ4v) is 5.11. The Bertz CT molecular complexity index is 1370. The molecule has 1 atom stereocenters. The van der Waals surface area contributed by atoms with Gasteiger partial charge in [0.25, 0.3) is 5.91 Å². The van der Waals surface area contributed by atoms with Crippen LogP contribution >= 0.6 is 0 Å². The molecule has 7 heteroatoms. The summed E-state index contributed by atoms with van der Waals surface area (Å²) in [6, 6.07) is 18.2. The van der Waals surface area contributed by atoms with E-state index in [4.69, 9.17) is 4.42 Å². The van der Waals surface area contributed by atoms with Crippen LogP contribution in [-0.2, 0) is 16.1 Å². The molecule has 0 saturated heterocycles. The quantitative estimate of drug-likeness (QED) is 0.377. The molecule has 4 aromatic rings. The van der Waals surface area contributed by atoms with Crippen molar-refractivity contribution >= 4 is 28.5 Å². The number of hydrogen-bond acceptors (Lipinski definition) is 4. The number of carbonyl (C=O) groups is 2. The van der Waals surface area contributed by atoms with E-state index in [9.17, 15) is 9.59 Å². The van der Waals surface area contributed by atoms with E-state index < -0.39 is 6.04 Å². The molecular weight excluding hydrogens is 452 g/mol. The SMILES string of the molecule is Cc1ccc(C(C(=O)NC2CCCCC2)N(C(=O)Cn2cnc3ccccc32)c2ccccc2C)o1. The van der Waals surface area contributed by atoms with Crippen molar-refractivity contribution in [2.45, 2.75) is 64.6 Å². The van der Waals surface area contributed by atoms with Crippen molar-refractivity contribution in [3.8, 4) is 0 Å². The van der Waals surface area contributed by atoms with E-state index in [1.54, 1.807) is 17.3 Å². The lowest BCUT2D eigenvalue weighted by atomic mass is 9.95. The van der Waals surface area contributed by atoms with Crippen LogP contribution in [-0.4, -0.2) is 27.4 Å². The molecular formula is C29H32N4O3. The molecule has 1 aliphatic carbocycles. The fourth-order valence-electron chi connectivity index (χ4n) is 5.11. The number of nitrogens with one attached hydrogen (secondary N) is 1. The first-order valence-electron chi connectivity index (χ1n) is 12.7. The lowest BCUT2D eigenvalue weighted by Crippen LogP contribution is -2.48. The standard InChI is InChI=1S/C29H32N4O3/c1-20-10-6-8-14-24(20)33(27(34)18-32-19-30-23-13-7-9-15-25(23)32)28(26-17-16-21(2)36-26)29(35)31-22-11-4-3-5-12-22/h6-10,13-17,19,22,28H,3-5,11-12,18H2,1-2H3,(H,31,35). The summed E-state index contributed by atoms with van der Waals surface area (Å²) in [5.41, 5.74) is 3.28. The van der Waals surface area contributed by atoms with E-state index >= 15 is 0 Å². The molecule has 0 bridgehead atoms. The Morgan fingerprint density at radius 1 is 1.03 bits per heavy atom. The summed E-state index contributed by atoms with van der Waals surface area (Å²) in [5.74, 6) is 0.708. The number of amides is 2. The van der Waals surface area contributed by atoms with Crippen LogP contribution in [0, 0.1) is 13.8 Å². The van der Waals surface area contributed by atoms with Gasteiger partial charge < -0.3 is 14.3 Å². The molecule has 36 heavy (non-hydrogen) atoms. The molecule has 7 nitrogen and oxygen atoms in total. The Balaban J connectivity index is 1.55. The molecule has 0 aliphatic heterocycles. The predicted octanol–water partition coefficient (Wildman–Crippen LogP) is 5.47. The van der Waals surface area contributed by atoms with Crippen LogP contribution in [0.4, 0.5) is 5.69 Å². The lowest BCUT2D eigenvalue weighted by Gasteiger charge is -2.33. The topological polar surface area (TPSA) is 80.4 Å².